The second-order valence-corrected chi connectivity index (χ2v) is 3.21. The van der Waals surface area contributed by atoms with Gasteiger partial charge in [0.2, 0.25) is 6.23 Å². The largest absolute Gasteiger partial charge is 0.436 e. The maximum atomic E-state index is 5.20. The lowest BCUT2D eigenvalue weighted by Gasteiger charge is -2.06. The van der Waals surface area contributed by atoms with E-state index in [1.807, 2.05) is 31.2 Å². The van der Waals surface area contributed by atoms with Gasteiger partial charge in [-0.05, 0) is 19.1 Å². The van der Waals surface area contributed by atoms with Crippen LogP contribution in [0.2, 0.25) is 0 Å². The summed E-state index contributed by atoms with van der Waals surface area (Å²) in [4.78, 5) is 0. The molecule has 0 aromatic heterocycles. The molecule has 1 aromatic carbocycles. The molecule has 0 radical (unpaired) electrons. The van der Waals surface area contributed by atoms with Gasteiger partial charge in [0.25, 0.3) is 0 Å². The molecule has 1 aliphatic rings. The van der Waals surface area contributed by atoms with E-state index in [4.69, 9.17) is 17.0 Å². The Morgan fingerprint density at radius 2 is 2.31 bits per heavy atom. The van der Waals surface area contributed by atoms with E-state index in [0.29, 0.717) is 0 Å². The Bertz CT molecular complexity index is 376. The van der Waals surface area contributed by atoms with Gasteiger partial charge in [-0.3, -0.25) is 0 Å². The lowest BCUT2D eigenvalue weighted by molar-refractivity contribution is 0.227. The summed E-state index contributed by atoms with van der Waals surface area (Å²) in [6, 6.07) is 7.95. The number of nitrogens with zero attached hydrogens (tertiary/aromatic N) is 2. The second kappa shape index (κ2) is 3.22. The predicted octanol–water partition coefficient (Wildman–Crippen LogP) is 2.76. The first-order valence-corrected chi connectivity index (χ1v) is 4.34. The van der Waals surface area contributed by atoms with Gasteiger partial charge in [-0.15, -0.1) is 10.2 Å². The van der Waals surface area contributed by atoms with Crippen molar-refractivity contribution in [2.45, 2.75) is 13.2 Å². The first-order chi connectivity index (χ1) is 6.25. The minimum Gasteiger partial charge on any atom is -0.436 e. The molecule has 3 nitrogen and oxygen atoms in total. The van der Waals surface area contributed by atoms with Crippen LogP contribution in [-0.2, 0) is 4.74 Å². The summed E-state index contributed by atoms with van der Waals surface area (Å²) in [5.41, 5.74) is 2.16. The summed E-state index contributed by atoms with van der Waals surface area (Å²) in [6.07, 6.45) is -0.340. The lowest BCUT2D eigenvalue weighted by atomic mass is 10.1. The Kier molecular flexibility index (Phi) is 2.06. The van der Waals surface area contributed by atoms with Gasteiger partial charge in [-0.1, -0.05) is 29.8 Å². The number of hydrogen-bond acceptors (Lipinski definition) is 3. The minimum atomic E-state index is -0.340. The number of benzene rings is 1. The van der Waals surface area contributed by atoms with Gasteiger partial charge >= 0.3 is 5.17 Å². The molecule has 1 atom stereocenters. The van der Waals surface area contributed by atoms with Gasteiger partial charge in [-0.2, -0.15) is 0 Å². The highest BCUT2D eigenvalue weighted by atomic mass is 32.1. The number of azo groups is 1. The van der Waals surface area contributed by atoms with Crippen LogP contribution in [0.5, 0.6) is 0 Å². The summed E-state index contributed by atoms with van der Waals surface area (Å²) < 4.78 is 5.20. The number of aryl methyl sites for hydroxylation is 1. The number of hydrogen-bond donors (Lipinski definition) is 0. The van der Waals surface area contributed by atoms with E-state index in [9.17, 15) is 0 Å². The summed E-state index contributed by atoms with van der Waals surface area (Å²) in [5, 5.41) is 7.76. The topological polar surface area (TPSA) is 34.0 Å². The molecule has 4 heteroatoms. The SMILES string of the molecule is Cc1cccc(C2N=NC(=S)O2)c1. The van der Waals surface area contributed by atoms with Gasteiger partial charge in [0.15, 0.2) is 0 Å². The second-order valence-electron chi connectivity index (χ2n) is 2.87. The summed E-state index contributed by atoms with van der Waals surface area (Å²) in [6.45, 7) is 2.02. The molecule has 0 spiro atoms. The molecule has 0 aliphatic carbocycles. The van der Waals surface area contributed by atoms with Crippen LogP contribution in [0.15, 0.2) is 34.5 Å². The summed E-state index contributed by atoms with van der Waals surface area (Å²) in [5.74, 6) is 0. The predicted molar refractivity (Wildman–Crippen MR) is 52.5 cm³/mol. The third kappa shape index (κ3) is 1.72. The van der Waals surface area contributed by atoms with Crippen LogP contribution in [-0.4, -0.2) is 5.17 Å². The van der Waals surface area contributed by atoms with Crippen LogP contribution in [0, 0.1) is 6.92 Å². The van der Waals surface area contributed by atoms with Gasteiger partial charge in [0.1, 0.15) is 0 Å². The van der Waals surface area contributed by atoms with E-state index < -0.39 is 0 Å². The fourth-order valence-electron chi connectivity index (χ4n) is 1.20. The van der Waals surface area contributed by atoms with E-state index in [-0.39, 0.29) is 11.4 Å². The van der Waals surface area contributed by atoms with Crippen molar-refractivity contribution in [3.8, 4) is 0 Å². The molecule has 0 saturated carbocycles. The Labute approximate surface area is 81.4 Å². The molecular weight excluding hydrogens is 184 g/mol. The molecule has 1 unspecified atom stereocenters. The average molecular weight is 192 g/mol. The summed E-state index contributed by atoms with van der Waals surface area (Å²) >= 11 is 4.75. The van der Waals surface area contributed by atoms with Gasteiger partial charge in [0, 0.05) is 5.56 Å². The zero-order chi connectivity index (χ0) is 9.26. The van der Waals surface area contributed by atoms with Crippen LogP contribution < -0.4 is 0 Å². The Morgan fingerprint density at radius 3 is 2.92 bits per heavy atom. The van der Waals surface area contributed by atoms with Gasteiger partial charge in [-0.25, -0.2) is 0 Å². The number of rotatable bonds is 1. The van der Waals surface area contributed by atoms with E-state index in [2.05, 4.69) is 10.2 Å². The summed E-state index contributed by atoms with van der Waals surface area (Å²) in [7, 11) is 0. The number of thiocarbonyl (C=S) groups is 1. The van der Waals surface area contributed by atoms with Crippen molar-refractivity contribution in [2.75, 3.05) is 0 Å². The zero-order valence-corrected chi connectivity index (χ0v) is 7.91. The maximum absolute atomic E-state index is 5.20. The van der Waals surface area contributed by atoms with Gasteiger partial charge in [0.05, 0.1) is 0 Å². The van der Waals surface area contributed by atoms with Crippen LogP contribution in [0.1, 0.15) is 17.4 Å². The average Bonchev–Trinajstić information content (AvgIpc) is 2.52. The quantitative estimate of drug-likeness (QED) is 0.641. The van der Waals surface area contributed by atoms with E-state index >= 15 is 0 Å². The first kappa shape index (κ1) is 8.31. The normalized spacial score (nSPS) is 20.4. The molecule has 0 N–H and O–H groups in total. The zero-order valence-electron chi connectivity index (χ0n) is 7.10. The Morgan fingerprint density at radius 1 is 1.46 bits per heavy atom. The third-order valence-electron chi connectivity index (χ3n) is 1.78. The first-order valence-electron chi connectivity index (χ1n) is 3.94. The van der Waals surface area contributed by atoms with Crippen molar-refractivity contribution in [1.29, 1.82) is 0 Å². The van der Waals surface area contributed by atoms with Crippen LogP contribution in [0.3, 0.4) is 0 Å². The van der Waals surface area contributed by atoms with Gasteiger partial charge < -0.3 is 4.74 Å². The molecule has 13 heavy (non-hydrogen) atoms. The van der Waals surface area contributed by atoms with Crippen molar-refractivity contribution in [3.05, 3.63) is 35.4 Å². The monoisotopic (exact) mass is 192 g/mol. The fraction of sp³-hybridized carbons (Fsp3) is 0.222. The Hall–Kier alpha value is -1.29. The minimum absolute atomic E-state index is 0.214. The van der Waals surface area contributed by atoms with Crippen molar-refractivity contribution < 1.29 is 4.74 Å². The molecule has 1 aliphatic heterocycles. The highest BCUT2D eigenvalue weighted by molar-refractivity contribution is 7.80. The number of ether oxygens (including phenoxy) is 1. The molecule has 2 rings (SSSR count). The molecule has 0 amide bonds. The van der Waals surface area contributed by atoms with Crippen molar-refractivity contribution in [3.63, 3.8) is 0 Å². The van der Waals surface area contributed by atoms with Crippen molar-refractivity contribution in [2.24, 2.45) is 10.2 Å². The van der Waals surface area contributed by atoms with E-state index in [1.54, 1.807) is 0 Å². The van der Waals surface area contributed by atoms with E-state index in [0.717, 1.165) is 5.56 Å². The van der Waals surface area contributed by atoms with Crippen LogP contribution >= 0.6 is 12.2 Å². The van der Waals surface area contributed by atoms with Crippen LogP contribution in [0.25, 0.3) is 0 Å². The van der Waals surface area contributed by atoms with Crippen molar-refractivity contribution >= 4 is 17.4 Å². The molecule has 66 valence electrons. The molecule has 0 saturated heterocycles. The highest BCUT2D eigenvalue weighted by Crippen LogP contribution is 2.25. The van der Waals surface area contributed by atoms with Crippen molar-refractivity contribution in [1.82, 2.24) is 0 Å². The lowest BCUT2D eigenvalue weighted by Crippen LogP contribution is -1.98. The third-order valence-corrected chi connectivity index (χ3v) is 1.96. The smallest absolute Gasteiger partial charge is 0.304 e. The maximum Gasteiger partial charge on any atom is 0.304 e. The van der Waals surface area contributed by atoms with E-state index in [1.165, 1.54) is 5.56 Å². The molecule has 1 heterocycles. The molecule has 1 aromatic rings. The Balaban J connectivity index is 2.27. The molecule has 0 fully saturated rings. The molecular formula is C9H8N2OS. The molecule has 0 bridgehead atoms. The standard InChI is InChI=1S/C9H8N2OS/c1-6-3-2-4-7(5-6)8-10-11-9(13)12-8/h2-5,8H,1H3. The highest BCUT2D eigenvalue weighted by Gasteiger charge is 2.18. The fourth-order valence-corrected chi connectivity index (χ4v) is 1.34. The van der Waals surface area contributed by atoms with Crippen LogP contribution in [0.4, 0.5) is 0 Å².